The van der Waals surface area contributed by atoms with Crippen molar-refractivity contribution in [3.8, 4) is 0 Å². The van der Waals surface area contributed by atoms with Crippen molar-refractivity contribution < 1.29 is 14.7 Å². The molecule has 1 heterocycles. The molecule has 86 valence electrons. The summed E-state index contributed by atoms with van der Waals surface area (Å²) in [7, 11) is 0. The van der Waals surface area contributed by atoms with E-state index in [9.17, 15) is 9.59 Å². The molecule has 0 unspecified atom stereocenters. The number of hydrogen-bond acceptors (Lipinski definition) is 2. The minimum atomic E-state index is -1.06. The number of benzene rings is 1. The number of aromatic nitrogens is 1. The van der Waals surface area contributed by atoms with Crippen molar-refractivity contribution in [2.75, 3.05) is 0 Å². The van der Waals surface area contributed by atoms with Crippen LogP contribution in [0, 0.1) is 0 Å². The lowest BCUT2D eigenvalue weighted by Gasteiger charge is -2.01. The Hall–Kier alpha value is -2.07. The summed E-state index contributed by atoms with van der Waals surface area (Å²) in [6, 6.07) is 7.76. The maximum absolute atomic E-state index is 11.9. The van der Waals surface area contributed by atoms with E-state index in [2.05, 4.69) is 0 Å². The molecule has 5 heteroatoms. The van der Waals surface area contributed by atoms with Crippen molar-refractivity contribution in [3.63, 3.8) is 0 Å². The summed E-state index contributed by atoms with van der Waals surface area (Å²) in [6.07, 6.45) is 2.69. The van der Waals surface area contributed by atoms with Crippen LogP contribution in [0.3, 0.4) is 0 Å². The highest BCUT2D eigenvalue weighted by atomic mass is 35.5. The molecular weight excluding hydrogens is 242 g/mol. The van der Waals surface area contributed by atoms with Gasteiger partial charge in [0.25, 0.3) is 5.91 Å². The quantitative estimate of drug-likeness (QED) is 0.890. The fraction of sp³-hybridized carbons (Fsp3) is 0. The number of carbonyl (C=O) groups is 2. The number of nitrogens with zero attached hydrogens (tertiary/aromatic N) is 1. The second-order valence-corrected chi connectivity index (χ2v) is 3.86. The first kappa shape index (κ1) is 11.4. The van der Waals surface area contributed by atoms with Gasteiger partial charge in [-0.15, -0.1) is 0 Å². The maximum atomic E-state index is 11.9. The standard InChI is InChI=1S/C12H8ClNO3/c13-10-3-1-8(2-4-10)11(15)14-6-5-9(7-14)12(16)17/h1-7H,(H,16,17). The number of hydrogen-bond donors (Lipinski definition) is 1. The predicted octanol–water partition coefficient (Wildman–Crippen LogP) is 2.53. The summed E-state index contributed by atoms with van der Waals surface area (Å²) >= 11 is 5.71. The molecule has 0 aliphatic rings. The van der Waals surface area contributed by atoms with Gasteiger partial charge >= 0.3 is 5.97 Å². The van der Waals surface area contributed by atoms with E-state index in [1.165, 1.54) is 23.0 Å². The largest absolute Gasteiger partial charge is 0.478 e. The van der Waals surface area contributed by atoms with Crippen molar-refractivity contribution in [2.24, 2.45) is 0 Å². The van der Waals surface area contributed by atoms with Crippen LogP contribution in [0.5, 0.6) is 0 Å². The topological polar surface area (TPSA) is 59.3 Å². The minimum Gasteiger partial charge on any atom is -0.478 e. The average Bonchev–Trinajstić information content (AvgIpc) is 2.78. The first-order chi connectivity index (χ1) is 8.08. The van der Waals surface area contributed by atoms with Crippen LogP contribution in [0.25, 0.3) is 0 Å². The van der Waals surface area contributed by atoms with Gasteiger partial charge in [0.15, 0.2) is 0 Å². The van der Waals surface area contributed by atoms with E-state index < -0.39 is 5.97 Å². The highest BCUT2D eigenvalue weighted by Crippen LogP contribution is 2.11. The normalized spacial score (nSPS) is 10.2. The highest BCUT2D eigenvalue weighted by molar-refractivity contribution is 6.30. The molecule has 17 heavy (non-hydrogen) atoms. The van der Waals surface area contributed by atoms with Gasteiger partial charge in [-0.1, -0.05) is 11.6 Å². The van der Waals surface area contributed by atoms with Crippen LogP contribution < -0.4 is 0 Å². The van der Waals surface area contributed by atoms with Crippen LogP contribution in [0.15, 0.2) is 42.7 Å². The predicted molar refractivity (Wildman–Crippen MR) is 62.6 cm³/mol. The number of halogens is 1. The molecular formula is C12H8ClNO3. The second kappa shape index (κ2) is 4.43. The molecule has 2 rings (SSSR count). The highest BCUT2D eigenvalue weighted by Gasteiger charge is 2.11. The maximum Gasteiger partial charge on any atom is 0.337 e. The van der Waals surface area contributed by atoms with Crippen molar-refractivity contribution >= 4 is 23.5 Å². The first-order valence-electron chi connectivity index (χ1n) is 4.79. The van der Waals surface area contributed by atoms with Crippen LogP contribution in [-0.4, -0.2) is 21.6 Å². The van der Waals surface area contributed by atoms with Crippen LogP contribution in [-0.2, 0) is 0 Å². The van der Waals surface area contributed by atoms with Gasteiger partial charge in [0.05, 0.1) is 5.56 Å². The van der Waals surface area contributed by atoms with Gasteiger partial charge in [-0.25, -0.2) is 4.79 Å². The van der Waals surface area contributed by atoms with Crippen molar-refractivity contribution in [1.29, 1.82) is 0 Å². The van der Waals surface area contributed by atoms with Gasteiger partial charge in [-0.3, -0.25) is 9.36 Å². The van der Waals surface area contributed by atoms with E-state index in [0.29, 0.717) is 10.6 Å². The molecule has 0 saturated heterocycles. The molecule has 0 spiro atoms. The SMILES string of the molecule is O=C(O)c1ccn(C(=O)c2ccc(Cl)cc2)c1. The molecule has 0 saturated carbocycles. The fourth-order valence-electron chi connectivity index (χ4n) is 1.39. The summed E-state index contributed by atoms with van der Waals surface area (Å²) in [5.41, 5.74) is 0.522. The Morgan fingerprint density at radius 3 is 2.24 bits per heavy atom. The Balaban J connectivity index is 2.30. The lowest BCUT2D eigenvalue weighted by Crippen LogP contribution is -2.09. The van der Waals surface area contributed by atoms with Gasteiger partial charge in [-0.05, 0) is 30.3 Å². The third-order valence-electron chi connectivity index (χ3n) is 2.27. The van der Waals surface area contributed by atoms with Gasteiger partial charge in [0.2, 0.25) is 0 Å². The Kier molecular flexibility index (Phi) is 2.97. The second-order valence-electron chi connectivity index (χ2n) is 3.42. The number of carboxylic acids is 1. The monoisotopic (exact) mass is 249 g/mol. The van der Waals surface area contributed by atoms with E-state index in [1.54, 1.807) is 24.3 Å². The van der Waals surface area contributed by atoms with E-state index in [-0.39, 0.29) is 11.5 Å². The minimum absolute atomic E-state index is 0.0762. The molecule has 0 atom stereocenters. The van der Waals surface area contributed by atoms with Crippen LogP contribution in [0.1, 0.15) is 20.7 Å². The van der Waals surface area contributed by atoms with E-state index >= 15 is 0 Å². The summed E-state index contributed by atoms with van der Waals surface area (Å²) in [5.74, 6) is -1.36. The van der Waals surface area contributed by atoms with E-state index in [1.807, 2.05) is 0 Å². The molecule has 1 aromatic carbocycles. The first-order valence-corrected chi connectivity index (χ1v) is 5.17. The molecule has 2 aromatic rings. The Morgan fingerprint density at radius 1 is 1.06 bits per heavy atom. The number of carbonyl (C=O) groups excluding carboxylic acids is 1. The van der Waals surface area contributed by atoms with Crippen molar-refractivity contribution in [2.45, 2.75) is 0 Å². The zero-order valence-corrected chi connectivity index (χ0v) is 9.39. The number of carboxylic acid groups (broad SMARTS) is 1. The molecule has 0 aliphatic heterocycles. The zero-order chi connectivity index (χ0) is 12.4. The van der Waals surface area contributed by atoms with Crippen molar-refractivity contribution in [1.82, 2.24) is 4.57 Å². The number of aromatic carboxylic acids is 1. The third kappa shape index (κ3) is 2.37. The summed E-state index contributed by atoms with van der Waals surface area (Å²) < 4.78 is 1.23. The number of rotatable bonds is 2. The van der Waals surface area contributed by atoms with Crippen molar-refractivity contribution in [3.05, 3.63) is 58.9 Å². The van der Waals surface area contributed by atoms with E-state index in [4.69, 9.17) is 16.7 Å². The average molecular weight is 250 g/mol. The lowest BCUT2D eigenvalue weighted by atomic mass is 10.2. The Labute approximate surface area is 102 Å². The van der Waals surface area contributed by atoms with Gasteiger partial charge in [0, 0.05) is 23.0 Å². The summed E-state index contributed by atoms with van der Waals surface area (Å²) in [4.78, 5) is 22.6. The fourth-order valence-corrected chi connectivity index (χ4v) is 1.52. The summed E-state index contributed by atoms with van der Waals surface area (Å²) in [5, 5.41) is 9.29. The molecule has 0 aliphatic carbocycles. The van der Waals surface area contributed by atoms with Crippen LogP contribution >= 0.6 is 11.6 Å². The molecule has 1 N–H and O–H groups in total. The zero-order valence-electron chi connectivity index (χ0n) is 8.63. The molecule has 1 aromatic heterocycles. The van der Waals surface area contributed by atoms with E-state index in [0.717, 1.165) is 0 Å². The molecule has 0 radical (unpaired) electrons. The van der Waals surface area contributed by atoms with Crippen LogP contribution in [0.4, 0.5) is 0 Å². The van der Waals surface area contributed by atoms with Gasteiger partial charge in [-0.2, -0.15) is 0 Å². The Bertz CT molecular complexity index is 572. The van der Waals surface area contributed by atoms with Gasteiger partial charge < -0.3 is 5.11 Å². The smallest absolute Gasteiger partial charge is 0.337 e. The molecule has 4 nitrogen and oxygen atoms in total. The molecule has 0 amide bonds. The molecule has 0 fully saturated rings. The summed E-state index contributed by atoms with van der Waals surface area (Å²) in [6.45, 7) is 0. The van der Waals surface area contributed by atoms with Gasteiger partial charge in [0.1, 0.15) is 0 Å². The lowest BCUT2D eigenvalue weighted by molar-refractivity contribution is 0.0697. The third-order valence-corrected chi connectivity index (χ3v) is 2.52. The molecule has 0 bridgehead atoms. The van der Waals surface area contributed by atoms with Crippen LogP contribution in [0.2, 0.25) is 5.02 Å². The Morgan fingerprint density at radius 2 is 1.71 bits per heavy atom.